The van der Waals surface area contributed by atoms with Crippen molar-refractivity contribution in [1.82, 2.24) is 10.2 Å². The average Bonchev–Trinajstić information content (AvgIpc) is 3.51. The topological polar surface area (TPSA) is 96.0 Å². The van der Waals surface area contributed by atoms with Gasteiger partial charge < -0.3 is 15.0 Å². The number of anilines is 1. The quantitative estimate of drug-likeness (QED) is 0.238. The second-order valence-corrected chi connectivity index (χ2v) is 13.8. The summed E-state index contributed by atoms with van der Waals surface area (Å²) in [5, 5.41) is 3.22. The summed E-state index contributed by atoms with van der Waals surface area (Å²) in [7, 11) is -2.15. The number of para-hydroxylation sites is 2. The SMILES string of the molecule is COc1ccccc1N(CCCC(=O)N(Cc1ccc(Br)cc1)C(Cc1ccccc1)C(=O)NC1CCCC1)S(C)(=O)=O. The van der Waals surface area contributed by atoms with Crippen molar-refractivity contribution in [3.8, 4) is 5.75 Å². The predicted molar refractivity (Wildman–Crippen MR) is 173 cm³/mol. The van der Waals surface area contributed by atoms with Crippen LogP contribution in [0.4, 0.5) is 5.69 Å². The molecule has 43 heavy (non-hydrogen) atoms. The second kappa shape index (κ2) is 15.4. The summed E-state index contributed by atoms with van der Waals surface area (Å²) in [6.07, 6.45) is 5.90. The van der Waals surface area contributed by atoms with Crippen LogP contribution in [-0.4, -0.2) is 57.1 Å². The normalized spacial score (nSPS) is 14.2. The summed E-state index contributed by atoms with van der Waals surface area (Å²) < 4.78 is 33.1. The second-order valence-electron chi connectivity index (χ2n) is 11.0. The molecule has 1 fully saturated rings. The van der Waals surface area contributed by atoms with Gasteiger partial charge in [-0.1, -0.05) is 83.4 Å². The Labute approximate surface area is 263 Å². The number of rotatable bonds is 14. The summed E-state index contributed by atoms with van der Waals surface area (Å²) in [5.74, 6) is 0.0644. The molecular weight excluding hydrogens is 630 g/mol. The van der Waals surface area contributed by atoms with E-state index in [9.17, 15) is 18.0 Å². The van der Waals surface area contributed by atoms with Crippen LogP contribution < -0.4 is 14.4 Å². The van der Waals surface area contributed by atoms with Crippen LogP contribution in [0.15, 0.2) is 83.3 Å². The van der Waals surface area contributed by atoms with Crippen LogP contribution in [0.25, 0.3) is 0 Å². The van der Waals surface area contributed by atoms with E-state index in [2.05, 4.69) is 21.2 Å². The summed E-state index contributed by atoms with van der Waals surface area (Å²) >= 11 is 3.47. The summed E-state index contributed by atoms with van der Waals surface area (Å²) in [6.45, 7) is 0.346. The molecule has 10 heteroatoms. The van der Waals surface area contributed by atoms with E-state index in [0.29, 0.717) is 17.9 Å². The number of hydrogen-bond acceptors (Lipinski definition) is 5. The Bertz CT molecular complexity index is 1460. The highest BCUT2D eigenvalue weighted by Gasteiger charge is 2.32. The van der Waals surface area contributed by atoms with Gasteiger partial charge in [0.15, 0.2) is 0 Å². The van der Waals surface area contributed by atoms with Gasteiger partial charge >= 0.3 is 0 Å². The van der Waals surface area contributed by atoms with Crippen molar-refractivity contribution in [3.63, 3.8) is 0 Å². The number of nitrogens with zero attached hydrogens (tertiary/aromatic N) is 2. The van der Waals surface area contributed by atoms with Gasteiger partial charge in [-0.15, -0.1) is 0 Å². The van der Waals surface area contributed by atoms with Crippen molar-refractivity contribution in [2.24, 2.45) is 0 Å². The molecular formula is C33H40BrN3O5S. The van der Waals surface area contributed by atoms with Crippen molar-refractivity contribution in [3.05, 3.63) is 94.5 Å². The molecule has 1 N–H and O–H groups in total. The Morgan fingerprint density at radius 3 is 2.26 bits per heavy atom. The lowest BCUT2D eigenvalue weighted by atomic mass is 10.0. The Hall–Kier alpha value is -3.37. The average molecular weight is 671 g/mol. The third-order valence-electron chi connectivity index (χ3n) is 7.74. The third-order valence-corrected chi connectivity index (χ3v) is 9.45. The van der Waals surface area contributed by atoms with E-state index in [1.807, 2.05) is 54.6 Å². The molecule has 0 radical (unpaired) electrons. The number of carbonyl (C=O) groups is 2. The number of amides is 2. The van der Waals surface area contributed by atoms with Crippen LogP contribution in [0.5, 0.6) is 5.75 Å². The first-order chi connectivity index (χ1) is 20.7. The van der Waals surface area contributed by atoms with Crippen molar-refractivity contribution in [2.75, 3.05) is 24.2 Å². The van der Waals surface area contributed by atoms with E-state index in [1.54, 1.807) is 29.2 Å². The van der Waals surface area contributed by atoms with E-state index in [0.717, 1.165) is 47.5 Å². The molecule has 2 amide bonds. The van der Waals surface area contributed by atoms with Gasteiger partial charge in [0.05, 0.1) is 19.1 Å². The smallest absolute Gasteiger partial charge is 0.243 e. The molecule has 0 aliphatic heterocycles. The van der Waals surface area contributed by atoms with Crippen LogP contribution in [0.1, 0.15) is 49.7 Å². The number of halogens is 1. The first-order valence-electron chi connectivity index (χ1n) is 14.6. The first-order valence-corrected chi connectivity index (χ1v) is 17.3. The van der Waals surface area contributed by atoms with E-state index in [-0.39, 0.29) is 43.8 Å². The van der Waals surface area contributed by atoms with E-state index in [4.69, 9.17) is 4.74 Å². The zero-order valence-corrected chi connectivity index (χ0v) is 27.1. The third kappa shape index (κ3) is 9.31. The molecule has 1 saturated carbocycles. The van der Waals surface area contributed by atoms with Crippen molar-refractivity contribution >= 4 is 43.5 Å². The summed E-state index contributed by atoms with van der Waals surface area (Å²) in [6, 6.07) is 23.7. The minimum atomic E-state index is -3.65. The Morgan fingerprint density at radius 1 is 0.953 bits per heavy atom. The van der Waals surface area contributed by atoms with Crippen molar-refractivity contribution < 1.29 is 22.7 Å². The number of nitrogens with one attached hydrogen (secondary N) is 1. The summed E-state index contributed by atoms with van der Waals surface area (Å²) in [4.78, 5) is 29.5. The van der Waals surface area contributed by atoms with Crippen LogP contribution in [-0.2, 0) is 32.6 Å². The fourth-order valence-corrected chi connectivity index (χ4v) is 6.76. The molecule has 0 saturated heterocycles. The highest BCUT2D eigenvalue weighted by atomic mass is 79.9. The molecule has 0 heterocycles. The monoisotopic (exact) mass is 669 g/mol. The molecule has 0 spiro atoms. The first kappa shape index (κ1) is 32.5. The lowest BCUT2D eigenvalue weighted by molar-refractivity contribution is -0.141. The van der Waals surface area contributed by atoms with Gasteiger partial charge in [-0.2, -0.15) is 0 Å². The number of carbonyl (C=O) groups excluding carboxylic acids is 2. The molecule has 0 bridgehead atoms. The Balaban J connectivity index is 1.59. The molecule has 1 aliphatic rings. The molecule has 3 aromatic carbocycles. The van der Waals surface area contributed by atoms with Crippen LogP contribution in [0.3, 0.4) is 0 Å². The highest BCUT2D eigenvalue weighted by Crippen LogP contribution is 2.30. The molecule has 8 nitrogen and oxygen atoms in total. The minimum absolute atomic E-state index is 0.0691. The standard InChI is InChI=1S/C33H40BrN3O5S/c1-42-31-16-9-8-15-29(31)37(43(2,40)41)22-10-17-32(38)36(24-26-18-20-27(34)21-19-26)30(23-25-11-4-3-5-12-25)33(39)35-28-13-6-7-14-28/h3-5,8-9,11-12,15-16,18-21,28,30H,6-7,10,13-14,17,22-24H2,1-2H3,(H,35,39). The van der Waals surface area contributed by atoms with Gasteiger partial charge in [0.25, 0.3) is 0 Å². The number of sulfonamides is 1. The molecule has 0 aromatic heterocycles. The van der Waals surface area contributed by atoms with Gasteiger partial charge in [0.2, 0.25) is 21.8 Å². The number of hydrogen-bond donors (Lipinski definition) is 1. The lowest BCUT2D eigenvalue weighted by Crippen LogP contribution is -2.52. The van der Waals surface area contributed by atoms with Gasteiger partial charge in [-0.05, 0) is 54.7 Å². The minimum Gasteiger partial charge on any atom is -0.495 e. The zero-order chi connectivity index (χ0) is 30.8. The van der Waals surface area contributed by atoms with Gasteiger partial charge in [-0.3, -0.25) is 13.9 Å². The fourth-order valence-electron chi connectivity index (χ4n) is 5.53. The molecule has 1 atom stereocenters. The van der Waals surface area contributed by atoms with Crippen molar-refractivity contribution in [2.45, 2.75) is 63.6 Å². The lowest BCUT2D eigenvalue weighted by Gasteiger charge is -2.33. The Kier molecular flexibility index (Phi) is 11.6. The van der Waals surface area contributed by atoms with Gasteiger partial charge in [0.1, 0.15) is 11.8 Å². The highest BCUT2D eigenvalue weighted by molar-refractivity contribution is 9.10. The molecule has 230 valence electrons. The maximum Gasteiger partial charge on any atom is 0.243 e. The number of methoxy groups -OCH3 is 1. The predicted octanol–water partition coefficient (Wildman–Crippen LogP) is 5.70. The van der Waals surface area contributed by atoms with Crippen molar-refractivity contribution in [1.29, 1.82) is 0 Å². The molecule has 3 aromatic rings. The van der Waals surface area contributed by atoms with E-state index in [1.165, 1.54) is 11.4 Å². The maximum absolute atomic E-state index is 14.0. The van der Waals surface area contributed by atoms with Crippen LogP contribution in [0, 0.1) is 0 Å². The number of benzene rings is 3. The largest absolute Gasteiger partial charge is 0.495 e. The molecule has 1 aliphatic carbocycles. The zero-order valence-electron chi connectivity index (χ0n) is 24.7. The fraction of sp³-hybridized carbons (Fsp3) is 0.394. The molecule has 1 unspecified atom stereocenters. The maximum atomic E-state index is 14.0. The van der Waals surface area contributed by atoms with Gasteiger partial charge in [0, 0.05) is 36.4 Å². The Morgan fingerprint density at radius 2 is 1.60 bits per heavy atom. The van der Waals surface area contributed by atoms with E-state index < -0.39 is 16.1 Å². The van der Waals surface area contributed by atoms with Gasteiger partial charge in [-0.25, -0.2) is 8.42 Å². The number of ether oxygens (including phenoxy) is 1. The summed E-state index contributed by atoms with van der Waals surface area (Å²) in [5.41, 5.74) is 2.28. The van der Waals surface area contributed by atoms with Crippen LogP contribution >= 0.6 is 15.9 Å². The molecule has 4 rings (SSSR count). The van der Waals surface area contributed by atoms with Crippen LogP contribution in [0.2, 0.25) is 0 Å². The van der Waals surface area contributed by atoms with E-state index >= 15 is 0 Å².